The van der Waals surface area contributed by atoms with E-state index in [0.29, 0.717) is 24.8 Å². The highest BCUT2D eigenvalue weighted by Crippen LogP contribution is 2.28. The van der Waals surface area contributed by atoms with Crippen LogP contribution < -0.4 is 14.4 Å². The third kappa shape index (κ3) is 5.19. The van der Waals surface area contributed by atoms with Crippen LogP contribution >= 0.6 is 11.6 Å². The Morgan fingerprint density at radius 1 is 1.24 bits per heavy atom. The number of halogens is 1. The summed E-state index contributed by atoms with van der Waals surface area (Å²) in [5.74, 6) is 1.74. The van der Waals surface area contributed by atoms with E-state index in [0.717, 1.165) is 11.3 Å². The number of aliphatic hydroxyl groups excluding tert-OH is 1. The molecule has 1 atom stereocenters. The molecule has 1 aromatic carbocycles. The van der Waals surface area contributed by atoms with Crippen molar-refractivity contribution >= 4 is 17.4 Å². The van der Waals surface area contributed by atoms with Crippen LogP contribution in [-0.4, -0.2) is 55.6 Å². The van der Waals surface area contributed by atoms with Crippen LogP contribution in [0.4, 0.5) is 5.82 Å². The number of rotatable bonds is 9. The van der Waals surface area contributed by atoms with Crippen LogP contribution in [0.2, 0.25) is 5.28 Å². The first kappa shape index (κ1) is 19.2. The van der Waals surface area contributed by atoms with Crippen molar-refractivity contribution in [2.45, 2.75) is 12.6 Å². The van der Waals surface area contributed by atoms with E-state index in [1.807, 2.05) is 24.3 Å². The van der Waals surface area contributed by atoms with Crippen molar-refractivity contribution in [2.75, 3.05) is 39.4 Å². The Labute approximate surface area is 152 Å². The molecule has 2 rings (SSSR count). The second kappa shape index (κ2) is 9.41. The predicted molar refractivity (Wildman–Crippen MR) is 95.5 cm³/mol. The Balaban J connectivity index is 2.16. The highest BCUT2D eigenvalue weighted by molar-refractivity contribution is 6.28. The van der Waals surface area contributed by atoms with Crippen LogP contribution in [0, 0.1) is 0 Å². The molecule has 25 heavy (non-hydrogen) atoms. The maximum Gasteiger partial charge on any atom is 0.224 e. The van der Waals surface area contributed by atoms with Crippen molar-refractivity contribution < 1.29 is 19.3 Å². The first-order chi connectivity index (χ1) is 12.1. The topological polar surface area (TPSA) is 76.9 Å². The lowest BCUT2D eigenvalue weighted by Gasteiger charge is -2.28. The Morgan fingerprint density at radius 3 is 2.56 bits per heavy atom. The van der Waals surface area contributed by atoms with Gasteiger partial charge in [0.25, 0.3) is 0 Å². The molecule has 0 fully saturated rings. The number of likely N-dealkylation sites (N-methyl/N-ethyl adjacent to an activating group) is 1. The minimum Gasteiger partial charge on any atom is -0.497 e. The molecule has 8 heteroatoms. The summed E-state index contributed by atoms with van der Waals surface area (Å²) in [4.78, 5) is 9.98. The zero-order valence-electron chi connectivity index (χ0n) is 14.5. The number of aromatic nitrogens is 2. The molecule has 0 saturated carbocycles. The molecule has 0 bridgehead atoms. The molecule has 0 aliphatic heterocycles. The van der Waals surface area contributed by atoms with Gasteiger partial charge >= 0.3 is 0 Å². The van der Waals surface area contributed by atoms with Gasteiger partial charge in [-0.25, -0.2) is 4.98 Å². The van der Waals surface area contributed by atoms with Crippen molar-refractivity contribution in [1.29, 1.82) is 0 Å². The zero-order chi connectivity index (χ0) is 18.2. The molecule has 0 unspecified atom stereocenters. The standard InChI is InChI=1S/C17H22ClN3O4/c1-21(13(9-22)11-23-2)16-15(8-19-17(18)20-16)25-10-12-4-6-14(24-3)7-5-12/h4-8,13,22H,9-11H2,1-3H3/t13-/m0/s1. The summed E-state index contributed by atoms with van der Waals surface area (Å²) in [6, 6.07) is 7.29. The lowest BCUT2D eigenvalue weighted by atomic mass is 10.2. The van der Waals surface area contributed by atoms with Gasteiger partial charge in [-0.2, -0.15) is 4.98 Å². The van der Waals surface area contributed by atoms with E-state index in [4.69, 9.17) is 25.8 Å². The molecule has 136 valence electrons. The summed E-state index contributed by atoms with van der Waals surface area (Å²) in [6.45, 7) is 0.584. The maximum atomic E-state index is 9.56. The zero-order valence-corrected chi connectivity index (χ0v) is 15.2. The van der Waals surface area contributed by atoms with Gasteiger partial charge in [-0.1, -0.05) is 12.1 Å². The van der Waals surface area contributed by atoms with Gasteiger partial charge < -0.3 is 24.2 Å². The van der Waals surface area contributed by atoms with E-state index in [9.17, 15) is 5.11 Å². The molecule has 2 aromatic rings. The molecular formula is C17H22ClN3O4. The lowest BCUT2D eigenvalue weighted by Crippen LogP contribution is -2.39. The largest absolute Gasteiger partial charge is 0.497 e. The fraction of sp³-hybridized carbons (Fsp3) is 0.412. The summed E-state index contributed by atoms with van der Waals surface area (Å²) in [5.41, 5.74) is 0.972. The average Bonchev–Trinajstić information content (AvgIpc) is 2.65. The Bertz CT molecular complexity index is 669. The lowest BCUT2D eigenvalue weighted by molar-refractivity contribution is 0.142. The second-order valence-electron chi connectivity index (χ2n) is 5.37. The Kier molecular flexibility index (Phi) is 7.24. The fourth-order valence-corrected chi connectivity index (χ4v) is 2.36. The molecule has 0 radical (unpaired) electrons. The van der Waals surface area contributed by atoms with Crippen molar-refractivity contribution in [3.05, 3.63) is 41.3 Å². The number of benzene rings is 1. The maximum absolute atomic E-state index is 9.56. The van der Waals surface area contributed by atoms with Gasteiger partial charge in [-0.15, -0.1) is 0 Å². The quantitative estimate of drug-likeness (QED) is 0.680. The van der Waals surface area contributed by atoms with Gasteiger partial charge in [-0.3, -0.25) is 0 Å². The van der Waals surface area contributed by atoms with E-state index >= 15 is 0 Å². The average molecular weight is 368 g/mol. The van der Waals surface area contributed by atoms with E-state index in [1.165, 1.54) is 6.20 Å². The third-order valence-electron chi connectivity index (χ3n) is 3.71. The minimum absolute atomic E-state index is 0.0934. The third-order valence-corrected chi connectivity index (χ3v) is 3.89. The molecule has 0 amide bonds. The fourth-order valence-electron chi connectivity index (χ4n) is 2.23. The van der Waals surface area contributed by atoms with Crippen molar-refractivity contribution in [3.8, 4) is 11.5 Å². The van der Waals surface area contributed by atoms with Crippen molar-refractivity contribution in [1.82, 2.24) is 9.97 Å². The predicted octanol–water partition coefficient (Wildman–Crippen LogP) is 2.16. The molecule has 1 N–H and O–H groups in total. The van der Waals surface area contributed by atoms with Gasteiger partial charge in [0.05, 0.1) is 32.6 Å². The van der Waals surface area contributed by atoms with Gasteiger partial charge in [-0.05, 0) is 29.3 Å². The van der Waals surface area contributed by atoms with E-state index < -0.39 is 0 Å². The first-order valence-electron chi connectivity index (χ1n) is 7.70. The molecule has 7 nitrogen and oxygen atoms in total. The number of methoxy groups -OCH3 is 2. The number of anilines is 1. The van der Waals surface area contributed by atoms with Crippen LogP contribution in [0.25, 0.3) is 0 Å². The molecule has 0 spiro atoms. The SMILES string of the molecule is COC[C@H](CO)N(C)c1nc(Cl)ncc1OCc1ccc(OC)cc1. The number of aliphatic hydroxyl groups is 1. The van der Waals surface area contributed by atoms with Crippen LogP contribution in [0.3, 0.4) is 0 Å². The summed E-state index contributed by atoms with van der Waals surface area (Å²) in [6.07, 6.45) is 1.52. The summed E-state index contributed by atoms with van der Waals surface area (Å²) >= 11 is 5.92. The number of hydrogen-bond donors (Lipinski definition) is 1. The number of nitrogens with zero attached hydrogens (tertiary/aromatic N) is 3. The number of ether oxygens (including phenoxy) is 3. The number of hydrogen-bond acceptors (Lipinski definition) is 7. The molecule has 1 aromatic heterocycles. The Hall–Kier alpha value is -2.09. The normalized spacial score (nSPS) is 11.9. The summed E-state index contributed by atoms with van der Waals surface area (Å²) < 4.78 is 16.1. The molecule has 1 heterocycles. The van der Waals surface area contributed by atoms with E-state index in [-0.39, 0.29) is 17.9 Å². The smallest absolute Gasteiger partial charge is 0.224 e. The van der Waals surface area contributed by atoms with Gasteiger partial charge in [0.1, 0.15) is 12.4 Å². The van der Waals surface area contributed by atoms with Gasteiger partial charge in [0.2, 0.25) is 5.28 Å². The summed E-state index contributed by atoms with van der Waals surface area (Å²) in [7, 11) is 4.99. The molecule has 0 aliphatic carbocycles. The van der Waals surface area contributed by atoms with Crippen LogP contribution in [0.15, 0.2) is 30.5 Å². The van der Waals surface area contributed by atoms with Gasteiger partial charge in [0, 0.05) is 14.2 Å². The minimum atomic E-state index is -0.278. The van der Waals surface area contributed by atoms with E-state index in [2.05, 4.69) is 9.97 Å². The van der Waals surface area contributed by atoms with Crippen molar-refractivity contribution in [2.24, 2.45) is 0 Å². The second-order valence-corrected chi connectivity index (χ2v) is 5.70. The van der Waals surface area contributed by atoms with E-state index in [1.54, 1.807) is 26.2 Å². The molecule has 0 saturated heterocycles. The molecule has 0 aliphatic rings. The van der Waals surface area contributed by atoms with Crippen LogP contribution in [0.5, 0.6) is 11.5 Å². The highest BCUT2D eigenvalue weighted by atomic mass is 35.5. The summed E-state index contributed by atoms with van der Waals surface area (Å²) in [5, 5.41) is 9.66. The van der Waals surface area contributed by atoms with Crippen molar-refractivity contribution in [3.63, 3.8) is 0 Å². The molecular weight excluding hydrogens is 346 g/mol. The monoisotopic (exact) mass is 367 g/mol. The van der Waals surface area contributed by atoms with Crippen LogP contribution in [-0.2, 0) is 11.3 Å². The van der Waals surface area contributed by atoms with Gasteiger partial charge in [0.15, 0.2) is 11.6 Å². The van der Waals surface area contributed by atoms with Crippen LogP contribution in [0.1, 0.15) is 5.56 Å². The highest BCUT2D eigenvalue weighted by Gasteiger charge is 2.20. The first-order valence-corrected chi connectivity index (χ1v) is 8.07. The Morgan fingerprint density at radius 2 is 1.96 bits per heavy atom.